The molecule has 0 radical (unpaired) electrons. The van der Waals surface area contributed by atoms with Crippen molar-refractivity contribution in [1.29, 1.82) is 0 Å². The molecule has 1 aromatic heterocycles. The van der Waals surface area contributed by atoms with Gasteiger partial charge in [0.25, 0.3) is 5.91 Å². The van der Waals surface area contributed by atoms with Crippen LogP contribution in [0.2, 0.25) is 0 Å². The molecule has 0 aliphatic rings. The fourth-order valence-corrected chi connectivity index (χ4v) is 2.59. The van der Waals surface area contributed by atoms with E-state index in [1.807, 2.05) is 13.8 Å². The first-order valence-electron chi connectivity index (χ1n) is 8.37. The number of carbonyl (C=O) groups excluding carboxylic acids is 1. The summed E-state index contributed by atoms with van der Waals surface area (Å²) in [5.74, 6) is -1.38. The van der Waals surface area contributed by atoms with Gasteiger partial charge in [-0.05, 0) is 47.9 Å². The van der Waals surface area contributed by atoms with Crippen LogP contribution in [-0.2, 0) is 6.18 Å². The number of hydrogen-bond acceptors (Lipinski definition) is 3. The standard InChI is InChI=1S/C19H16F4N4O/c1-11(2)12-3-7-14(8-4-12)24-18(28)16-17(19(21,22)23)27(26-25-16)15-9-5-13(20)6-10-15/h3-11H,1-2H3,(H,24,28). The summed E-state index contributed by atoms with van der Waals surface area (Å²) in [6.45, 7) is 3.99. The summed E-state index contributed by atoms with van der Waals surface area (Å²) in [6, 6.07) is 11.0. The molecule has 0 aliphatic carbocycles. The fourth-order valence-electron chi connectivity index (χ4n) is 2.59. The zero-order valence-electron chi connectivity index (χ0n) is 15.0. The van der Waals surface area contributed by atoms with E-state index in [9.17, 15) is 22.4 Å². The molecule has 1 heterocycles. The summed E-state index contributed by atoms with van der Waals surface area (Å²) in [5, 5.41) is 9.25. The summed E-state index contributed by atoms with van der Waals surface area (Å²) in [6.07, 6.45) is -4.90. The van der Waals surface area contributed by atoms with Crippen molar-refractivity contribution in [2.24, 2.45) is 0 Å². The number of nitrogens with zero attached hydrogens (tertiary/aromatic N) is 3. The van der Waals surface area contributed by atoms with Crippen LogP contribution in [-0.4, -0.2) is 20.9 Å². The van der Waals surface area contributed by atoms with E-state index >= 15 is 0 Å². The smallest absolute Gasteiger partial charge is 0.321 e. The Bertz CT molecular complexity index is 977. The number of hydrogen-bond donors (Lipinski definition) is 1. The van der Waals surface area contributed by atoms with Crippen molar-refractivity contribution in [1.82, 2.24) is 15.0 Å². The molecule has 0 fully saturated rings. The highest BCUT2D eigenvalue weighted by molar-refractivity contribution is 6.03. The molecule has 9 heteroatoms. The van der Waals surface area contributed by atoms with Crippen LogP contribution in [0.25, 0.3) is 5.69 Å². The number of alkyl halides is 3. The Labute approximate surface area is 158 Å². The van der Waals surface area contributed by atoms with Crippen LogP contribution in [0.5, 0.6) is 0 Å². The second kappa shape index (κ2) is 7.41. The molecule has 0 bridgehead atoms. The van der Waals surface area contributed by atoms with Gasteiger partial charge in [-0.25, -0.2) is 9.07 Å². The normalized spacial score (nSPS) is 11.7. The zero-order chi connectivity index (χ0) is 20.5. The molecule has 1 N–H and O–H groups in total. The average molecular weight is 392 g/mol. The van der Waals surface area contributed by atoms with Gasteiger partial charge in [0.2, 0.25) is 0 Å². The van der Waals surface area contributed by atoms with Gasteiger partial charge in [-0.15, -0.1) is 5.10 Å². The summed E-state index contributed by atoms with van der Waals surface area (Å²) < 4.78 is 54.3. The first kappa shape index (κ1) is 19.5. The van der Waals surface area contributed by atoms with E-state index in [1.165, 1.54) is 0 Å². The molecule has 28 heavy (non-hydrogen) atoms. The number of nitrogens with one attached hydrogen (secondary N) is 1. The van der Waals surface area contributed by atoms with Crippen LogP contribution in [0.1, 0.15) is 41.5 Å². The van der Waals surface area contributed by atoms with E-state index in [1.54, 1.807) is 24.3 Å². The van der Waals surface area contributed by atoms with Gasteiger partial charge < -0.3 is 5.32 Å². The molecule has 3 rings (SSSR count). The number of anilines is 1. The van der Waals surface area contributed by atoms with Gasteiger partial charge in [-0.3, -0.25) is 4.79 Å². The molecule has 0 atom stereocenters. The van der Waals surface area contributed by atoms with Crippen molar-refractivity contribution < 1.29 is 22.4 Å². The Morgan fingerprint density at radius 2 is 1.64 bits per heavy atom. The Balaban J connectivity index is 1.95. The van der Waals surface area contributed by atoms with Crippen molar-refractivity contribution in [3.05, 3.63) is 71.3 Å². The molecular formula is C19H16F4N4O. The summed E-state index contributed by atoms with van der Waals surface area (Å²) in [7, 11) is 0. The van der Waals surface area contributed by atoms with Gasteiger partial charge in [0.15, 0.2) is 11.4 Å². The Kier molecular flexibility index (Phi) is 5.17. The van der Waals surface area contributed by atoms with Crippen LogP contribution in [0.15, 0.2) is 48.5 Å². The van der Waals surface area contributed by atoms with Crippen molar-refractivity contribution in [2.75, 3.05) is 5.32 Å². The molecule has 2 aromatic carbocycles. The molecule has 0 saturated heterocycles. The predicted molar refractivity (Wildman–Crippen MR) is 94.8 cm³/mol. The molecule has 146 valence electrons. The fraction of sp³-hybridized carbons (Fsp3) is 0.211. The molecule has 0 spiro atoms. The number of halogens is 4. The van der Waals surface area contributed by atoms with Crippen LogP contribution < -0.4 is 5.32 Å². The van der Waals surface area contributed by atoms with Crippen LogP contribution in [0, 0.1) is 5.82 Å². The molecular weight excluding hydrogens is 376 g/mol. The lowest BCUT2D eigenvalue weighted by atomic mass is 10.0. The van der Waals surface area contributed by atoms with Gasteiger partial charge in [-0.1, -0.05) is 31.2 Å². The Morgan fingerprint density at radius 3 is 2.18 bits per heavy atom. The molecule has 1 amide bonds. The average Bonchev–Trinajstić information content (AvgIpc) is 3.08. The van der Waals surface area contributed by atoms with E-state index in [-0.39, 0.29) is 11.6 Å². The highest BCUT2D eigenvalue weighted by Crippen LogP contribution is 2.33. The predicted octanol–water partition coefficient (Wildman–Crippen LogP) is 4.80. The molecule has 5 nitrogen and oxygen atoms in total. The second-order valence-corrected chi connectivity index (χ2v) is 6.40. The van der Waals surface area contributed by atoms with Crippen molar-refractivity contribution in [3.8, 4) is 5.69 Å². The molecule has 0 saturated carbocycles. The highest BCUT2D eigenvalue weighted by Gasteiger charge is 2.42. The zero-order valence-corrected chi connectivity index (χ0v) is 15.0. The van der Waals surface area contributed by atoms with E-state index in [0.717, 1.165) is 29.8 Å². The lowest BCUT2D eigenvalue weighted by Crippen LogP contribution is -2.21. The summed E-state index contributed by atoms with van der Waals surface area (Å²) in [4.78, 5) is 12.4. The molecule has 0 aliphatic heterocycles. The topological polar surface area (TPSA) is 59.8 Å². The summed E-state index contributed by atoms with van der Waals surface area (Å²) in [5.41, 5.74) is -0.920. The third kappa shape index (κ3) is 4.03. The van der Waals surface area contributed by atoms with Crippen LogP contribution in [0.4, 0.5) is 23.2 Å². The maximum Gasteiger partial charge on any atom is 0.435 e. The van der Waals surface area contributed by atoms with Gasteiger partial charge in [0.1, 0.15) is 5.82 Å². The number of aromatic nitrogens is 3. The molecule has 0 unspecified atom stereocenters. The SMILES string of the molecule is CC(C)c1ccc(NC(=O)c2nnn(-c3ccc(F)cc3)c2C(F)(F)F)cc1. The number of rotatable bonds is 4. The van der Waals surface area contributed by atoms with E-state index in [4.69, 9.17) is 0 Å². The minimum Gasteiger partial charge on any atom is -0.321 e. The number of amides is 1. The Hall–Kier alpha value is -3.23. The Morgan fingerprint density at radius 1 is 1.04 bits per heavy atom. The van der Waals surface area contributed by atoms with E-state index in [2.05, 4.69) is 15.6 Å². The maximum atomic E-state index is 13.6. The lowest BCUT2D eigenvalue weighted by Gasteiger charge is -2.12. The van der Waals surface area contributed by atoms with E-state index < -0.39 is 29.3 Å². The second-order valence-electron chi connectivity index (χ2n) is 6.40. The van der Waals surface area contributed by atoms with Gasteiger partial charge >= 0.3 is 6.18 Å². The highest BCUT2D eigenvalue weighted by atomic mass is 19.4. The number of benzene rings is 2. The third-order valence-electron chi connectivity index (χ3n) is 4.06. The maximum absolute atomic E-state index is 13.6. The van der Waals surface area contributed by atoms with E-state index in [0.29, 0.717) is 10.4 Å². The minimum absolute atomic E-state index is 0.0680. The summed E-state index contributed by atoms with van der Waals surface area (Å²) >= 11 is 0. The third-order valence-corrected chi connectivity index (χ3v) is 4.06. The van der Waals surface area contributed by atoms with Crippen LogP contribution >= 0.6 is 0 Å². The van der Waals surface area contributed by atoms with Gasteiger partial charge in [0.05, 0.1) is 5.69 Å². The van der Waals surface area contributed by atoms with Crippen molar-refractivity contribution >= 4 is 11.6 Å². The largest absolute Gasteiger partial charge is 0.435 e. The monoisotopic (exact) mass is 392 g/mol. The first-order valence-corrected chi connectivity index (χ1v) is 8.37. The minimum atomic E-state index is -4.90. The van der Waals surface area contributed by atoms with Crippen molar-refractivity contribution in [2.45, 2.75) is 25.9 Å². The quantitative estimate of drug-likeness (QED) is 0.649. The van der Waals surface area contributed by atoms with Gasteiger partial charge in [0, 0.05) is 5.69 Å². The van der Waals surface area contributed by atoms with Crippen molar-refractivity contribution in [3.63, 3.8) is 0 Å². The van der Waals surface area contributed by atoms with Gasteiger partial charge in [-0.2, -0.15) is 13.2 Å². The lowest BCUT2D eigenvalue weighted by molar-refractivity contribution is -0.143. The first-order chi connectivity index (χ1) is 13.2. The van der Waals surface area contributed by atoms with Crippen LogP contribution in [0.3, 0.4) is 0 Å². The number of carbonyl (C=O) groups is 1. The molecule has 3 aromatic rings.